The SMILES string of the molecule is CC(CC(=O)O)NS(=O)(=O)c1cccc(C(F)(F)F)c1. The Kier molecular flexibility index (Phi) is 4.77. The lowest BCUT2D eigenvalue weighted by atomic mass is 10.2. The molecular formula is C11H12F3NO4S. The van der Waals surface area contributed by atoms with E-state index in [1.54, 1.807) is 0 Å². The van der Waals surface area contributed by atoms with Crippen LogP contribution in [0.5, 0.6) is 0 Å². The van der Waals surface area contributed by atoms with Gasteiger partial charge in [-0.05, 0) is 25.1 Å². The number of carboxylic acid groups (broad SMARTS) is 1. The summed E-state index contributed by atoms with van der Waals surface area (Å²) in [7, 11) is -4.20. The number of benzene rings is 1. The maximum absolute atomic E-state index is 12.5. The monoisotopic (exact) mass is 311 g/mol. The van der Waals surface area contributed by atoms with E-state index in [9.17, 15) is 26.4 Å². The van der Waals surface area contributed by atoms with Crippen LogP contribution in [0.25, 0.3) is 0 Å². The molecule has 9 heteroatoms. The van der Waals surface area contributed by atoms with Gasteiger partial charge in [0.2, 0.25) is 10.0 Å². The Hall–Kier alpha value is -1.61. The van der Waals surface area contributed by atoms with E-state index in [1.165, 1.54) is 6.92 Å². The predicted molar refractivity (Wildman–Crippen MR) is 63.5 cm³/mol. The second-order valence-corrected chi connectivity index (χ2v) is 5.86. The summed E-state index contributed by atoms with van der Waals surface area (Å²) in [4.78, 5) is 9.87. The third-order valence-corrected chi connectivity index (χ3v) is 3.90. The van der Waals surface area contributed by atoms with Gasteiger partial charge in [0.05, 0.1) is 16.9 Å². The third-order valence-electron chi connectivity index (χ3n) is 2.31. The Morgan fingerprint density at radius 2 is 2.00 bits per heavy atom. The lowest BCUT2D eigenvalue weighted by molar-refractivity contribution is -0.138. The van der Waals surface area contributed by atoms with Gasteiger partial charge in [-0.2, -0.15) is 13.2 Å². The summed E-state index contributed by atoms with van der Waals surface area (Å²) in [6.45, 7) is 1.30. The molecular weight excluding hydrogens is 299 g/mol. The number of carbonyl (C=O) groups is 1. The van der Waals surface area contributed by atoms with Crippen molar-refractivity contribution in [1.29, 1.82) is 0 Å². The Bertz CT molecular complexity index is 598. The van der Waals surface area contributed by atoms with Gasteiger partial charge in [-0.15, -0.1) is 0 Å². The van der Waals surface area contributed by atoms with Gasteiger partial charge in [0, 0.05) is 6.04 Å². The molecule has 5 nitrogen and oxygen atoms in total. The first kappa shape index (κ1) is 16.4. The lowest BCUT2D eigenvalue weighted by Crippen LogP contribution is -2.34. The van der Waals surface area contributed by atoms with Crippen molar-refractivity contribution in [2.75, 3.05) is 0 Å². The van der Waals surface area contributed by atoms with Gasteiger partial charge in [0.1, 0.15) is 0 Å². The second-order valence-electron chi connectivity index (χ2n) is 4.15. The molecule has 1 unspecified atom stereocenters. The predicted octanol–water partition coefficient (Wildman–Crippen LogP) is 1.85. The summed E-state index contributed by atoms with van der Waals surface area (Å²) in [6, 6.07) is 2.28. The van der Waals surface area contributed by atoms with Crippen molar-refractivity contribution >= 4 is 16.0 Å². The number of hydrogen-bond acceptors (Lipinski definition) is 3. The van der Waals surface area contributed by atoms with Crippen molar-refractivity contribution < 1.29 is 31.5 Å². The van der Waals surface area contributed by atoms with E-state index in [2.05, 4.69) is 0 Å². The fourth-order valence-electron chi connectivity index (χ4n) is 1.48. The van der Waals surface area contributed by atoms with Gasteiger partial charge in [0.25, 0.3) is 0 Å². The van der Waals surface area contributed by atoms with Crippen LogP contribution in [-0.4, -0.2) is 25.5 Å². The zero-order valence-electron chi connectivity index (χ0n) is 10.3. The van der Waals surface area contributed by atoms with Crippen LogP contribution in [0, 0.1) is 0 Å². The van der Waals surface area contributed by atoms with Crippen LogP contribution in [0.1, 0.15) is 18.9 Å². The molecule has 0 heterocycles. The van der Waals surface area contributed by atoms with E-state index in [4.69, 9.17) is 5.11 Å². The van der Waals surface area contributed by atoms with E-state index in [0.717, 1.165) is 18.2 Å². The minimum atomic E-state index is -4.65. The average molecular weight is 311 g/mol. The van der Waals surface area contributed by atoms with Gasteiger partial charge < -0.3 is 5.11 Å². The van der Waals surface area contributed by atoms with Gasteiger partial charge >= 0.3 is 12.1 Å². The number of aliphatic carboxylic acids is 1. The van der Waals surface area contributed by atoms with Gasteiger partial charge in [0.15, 0.2) is 0 Å². The molecule has 112 valence electrons. The molecule has 0 radical (unpaired) electrons. The van der Waals surface area contributed by atoms with E-state index in [-0.39, 0.29) is 0 Å². The summed E-state index contributed by atoms with van der Waals surface area (Å²) < 4.78 is 63.2. The van der Waals surface area contributed by atoms with Crippen molar-refractivity contribution in [3.63, 3.8) is 0 Å². The summed E-state index contributed by atoms with van der Waals surface area (Å²) in [5.74, 6) is -1.22. The highest BCUT2D eigenvalue weighted by molar-refractivity contribution is 7.89. The van der Waals surface area contributed by atoms with E-state index in [0.29, 0.717) is 6.07 Å². The molecule has 1 rings (SSSR count). The van der Waals surface area contributed by atoms with Gasteiger partial charge in [-0.1, -0.05) is 6.07 Å². The summed E-state index contributed by atoms with van der Waals surface area (Å²) in [5.41, 5.74) is -1.09. The molecule has 2 N–H and O–H groups in total. The molecule has 1 aromatic carbocycles. The number of rotatable bonds is 5. The Balaban J connectivity index is 3.02. The minimum Gasteiger partial charge on any atom is -0.481 e. The first-order chi connectivity index (χ1) is 9.02. The molecule has 0 aliphatic rings. The van der Waals surface area contributed by atoms with Crippen LogP contribution >= 0.6 is 0 Å². The second kappa shape index (κ2) is 5.80. The standard InChI is InChI=1S/C11H12F3NO4S/c1-7(5-10(16)17)15-20(18,19)9-4-2-3-8(6-9)11(12,13)14/h2-4,6-7,15H,5H2,1H3,(H,16,17). The molecule has 1 atom stereocenters. The third kappa shape index (κ3) is 4.49. The summed E-state index contributed by atoms with van der Waals surface area (Å²) in [6.07, 6.45) is -5.13. The number of alkyl halides is 3. The van der Waals surface area contributed by atoms with Crippen LogP contribution in [-0.2, 0) is 21.0 Å². The van der Waals surface area contributed by atoms with E-state index >= 15 is 0 Å². The number of nitrogens with one attached hydrogen (secondary N) is 1. The van der Waals surface area contributed by atoms with E-state index < -0.39 is 45.1 Å². The number of sulfonamides is 1. The minimum absolute atomic E-state index is 0.474. The highest BCUT2D eigenvalue weighted by Crippen LogP contribution is 2.30. The highest BCUT2D eigenvalue weighted by Gasteiger charge is 2.31. The molecule has 0 spiro atoms. The fraction of sp³-hybridized carbons (Fsp3) is 0.364. The first-order valence-corrected chi connectivity index (χ1v) is 6.92. The normalized spacial score (nSPS) is 14.0. The molecule has 20 heavy (non-hydrogen) atoms. The molecule has 0 saturated heterocycles. The highest BCUT2D eigenvalue weighted by atomic mass is 32.2. The zero-order chi connectivity index (χ0) is 15.6. The topological polar surface area (TPSA) is 83.5 Å². The summed E-state index contributed by atoms with van der Waals surface area (Å²) >= 11 is 0. The molecule has 0 amide bonds. The maximum atomic E-state index is 12.5. The van der Waals surface area contributed by atoms with Crippen LogP contribution in [0.15, 0.2) is 29.2 Å². The lowest BCUT2D eigenvalue weighted by Gasteiger charge is -2.13. The number of halogens is 3. The largest absolute Gasteiger partial charge is 0.481 e. The van der Waals surface area contributed by atoms with Crippen LogP contribution in [0.2, 0.25) is 0 Å². The quantitative estimate of drug-likeness (QED) is 0.869. The van der Waals surface area contributed by atoms with Crippen molar-refractivity contribution in [2.24, 2.45) is 0 Å². The maximum Gasteiger partial charge on any atom is 0.416 e. The molecule has 0 bridgehead atoms. The molecule has 1 aromatic rings. The van der Waals surface area contributed by atoms with Crippen molar-refractivity contribution in [2.45, 2.75) is 30.5 Å². The van der Waals surface area contributed by atoms with Crippen LogP contribution < -0.4 is 4.72 Å². The van der Waals surface area contributed by atoms with Gasteiger partial charge in [-0.25, -0.2) is 13.1 Å². The fourth-order valence-corrected chi connectivity index (χ4v) is 2.77. The van der Waals surface area contributed by atoms with Crippen molar-refractivity contribution in [3.8, 4) is 0 Å². The number of carboxylic acids is 1. The molecule has 0 fully saturated rings. The van der Waals surface area contributed by atoms with Crippen molar-refractivity contribution in [3.05, 3.63) is 29.8 Å². The number of hydrogen-bond donors (Lipinski definition) is 2. The van der Waals surface area contributed by atoms with Crippen LogP contribution in [0.3, 0.4) is 0 Å². The molecule has 0 saturated carbocycles. The van der Waals surface area contributed by atoms with E-state index in [1.807, 2.05) is 4.72 Å². The van der Waals surface area contributed by atoms with Crippen LogP contribution in [0.4, 0.5) is 13.2 Å². The molecule has 0 aliphatic carbocycles. The van der Waals surface area contributed by atoms with Gasteiger partial charge in [-0.3, -0.25) is 4.79 Å². The average Bonchev–Trinajstić information content (AvgIpc) is 2.26. The smallest absolute Gasteiger partial charge is 0.416 e. The Morgan fingerprint density at radius 3 is 2.50 bits per heavy atom. The van der Waals surface area contributed by atoms with Crippen molar-refractivity contribution in [1.82, 2.24) is 4.72 Å². The Labute approximate surface area is 113 Å². The molecule has 0 aromatic heterocycles. The molecule has 0 aliphatic heterocycles. The Morgan fingerprint density at radius 1 is 1.40 bits per heavy atom. The first-order valence-electron chi connectivity index (χ1n) is 5.44. The zero-order valence-corrected chi connectivity index (χ0v) is 11.1. The summed E-state index contributed by atoms with van der Waals surface area (Å²) in [5, 5.41) is 8.52.